The van der Waals surface area contributed by atoms with Crippen LogP contribution in [0.3, 0.4) is 0 Å². The van der Waals surface area contributed by atoms with Gasteiger partial charge in [0.25, 0.3) is 0 Å². The summed E-state index contributed by atoms with van der Waals surface area (Å²) in [5, 5.41) is 3.57. The minimum atomic E-state index is 0.672. The summed E-state index contributed by atoms with van der Waals surface area (Å²) in [4.78, 5) is 0. The van der Waals surface area contributed by atoms with E-state index < -0.39 is 0 Å². The summed E-state index contributed by atoms with van der Waals surface area (Å²) in [5.41, 5.74) is 0.672. The number of hydrogen-bond acceptors (Lipinski definition) is 1. The summed E-state index contributed by atoms with van der Waals surface area (Å²) < 4.78 is 0. The van der Waals surface area contributed by atoms with Crippen LogP contribution in [0.25, 0.3) is 0 Å². The minimum absolute atomic E-state index is 0.672. The normalized spacial score (nSPS) is 20.0. The molecule has 1 rings (SSSR count). The summed E-state index contributed by atoms with van der Waals surface area (Å²) >= 11 is 0. The third kappa shape index (κ3) is 4.55. The highest BCUT2D eigenvalue weighted by molar-refractivity contribution is 4.86. The molecule has 1 N–H and O–H groups in total. The molecule has 1 nitrogen and oxygen atoms in total. The van der Waals surface area contributed by atoms with Crippen LogP contribution in [0.5, 0.6) is 0 Å². The molecule has 0 aromatic carbocycles. The molecule has 90 valence electrons. The highest BCUT2D eigenvalue weighted by atomic mass is 14.9. The van der Waals surface area contributed by atoms with E-state index >= 15 is 0 Å². The van der Waals surface area contributed by atoms with Gasteiger partial charge in [0.05, 0.1) is 0 Å². The third-order valence-electron chi connectivity index (χ3n) is 3.90. The number of hydrogen-bond donors (Lipinski definition) is 1. The molecule has 0 unspecified atom stereocenters. The molecule has 1 aliphatic rings. The van der Waals surface area contributed by atoms with Gasteiger partial charge in [0.2, 0.25) is 0 Å². The Morgan fingerprint density at radius 3 is 2.40 bits per heavy atom. The molecule has 0 aromatic heterocycles. The Labute approximate surface area is 96.0 Å². The van der Waals surface area contributed by atoms with E-state index in [-0.39, 0.29) is 0 Å². The maximum atomic E-state index is 3.57. The smallest absolute Gasteiger partial charge is 0.000769 e. The monoisotopic (exact) mass is 211 g/mol. The van der Waals surface area contributed by atoms with Crippen LogP contribution in [0, 0.1) is 11.3 Å². The first-order valence-electron chi connectivity index (χ1n) is 6.89. The van der Waals surface area contributed by atoms with E-state index in [1.807, 2.05) is 0 Å². The van der Waals surface area contributed by atoms with Crippen LogP contribution in [-0.2, 0) is 0 Å². The first-order valence-corrected chi connectivity index (χ1v) is 6.89. The molecule has 1 aliphatic carbocycles. The van der Waals surface area contributed by atoms with Crippen molar-refractivity contribution in [3.8, 4) is 0 Å². The molecule has 0 bridgehead atoms. The lowest BCUT2D eigenvalue weighted by molar-refractivity contribution is 0.245. The molecule has 0 spiro atoms. The van der Waals surface area contributed by atoms with E-state index in [1.54, 1.807) is 0 Å². The van der Waals surface area contributed by atoms with Gasteiger partial charge in [-0.25, -0.2) is 0 Å². The number of nitrogens with one attached hydrogen (secondary N) is 1. The van der Waals surface area contributed by atoms with Crippen LogP contribution in [0.15, 0.2) is 0 Å². The van der Waals surface area contributed by atoms with E-state index in [0.29, 0.717) is 5.41 Å². The van der Waals surface area contributed by atoms with Crippen molar-refractivity contribution in [1.29, 1.82) is 0 Å². The zero-order valence-corrected chi connectivity index (χ0v) is 10.9. The van der Waals surface area contributed by atoms with Gasteiger partial charge in [0.15, 0.2) is 0 Å². The summed E-state index contributed by atoms with van der Waals surface area (Å²) in [7, 11) is 0. The van der Waals surface area contributed by atoms with Gasteiger partial charge in [0.1, 0.15) is 0 Å². The maximum Gasteiger partial charge on any atom is 0.000769 e. The standard InChI is InChI=1S/C14H29N/c1-4-15-12-14(9-5-6-10-14)11-7-8-13(2)3/h13,15H,4-12H2,1-3H3. The molecule has 0 atom stereocenters. The second-order valence-electron chi connectivity index (χ2n) is 5.77. The Morgan fingerprint density at radius 1 is 1.20 bits per heavy atom. The number of rotatable bonds is 7. The van der Waals surface area contributed by atoms with Gasteiger partial charge in [-0.1, -0.05) is 46.5 Å². The van der Waals surface area contributed by atoms with Gasteiger partial charge in [-0.3, -0.25) is 0 Å². The Balaban J connectivity index is 2.29. The SMILES string of the molecule is CCNCC1(CCCC(C)C)CCCC1. The zero-order chi connectivity index (χ0) is 11.1. The van der Waals surface area contributed by atoms with Crippen molar-refractivity contribution < 1.29 is 0 Å². The van der Waals surface area contributed by atoms with E-state index in [0.717, 1.165) is 12.5 Å². The molecule has 0 aliphatic heterocycles. The molecule has 0 aromatic rings. The van der Waals surface area contributed by atoms with Crippen LogP contribution < -0.4 is 5.32 Å². The van der Waals surface area contributed by atoms with E-state index in [4.69, 9.17) is 0 Å². The quantitative estimate of drug-likeness (QED) is 0.671. The summed E-state index contributed by atoms with van der Waals surface area (Å²) in [6.45, 7) is 9.29. The van der Waals surface area contributed by atoms with Crippen molar-refractivity contribution in [2.45, 2.75) is 65.7 Å². The van der Waals surface area contributed by atoms with E-state index in [9.17, 15) is 0 Å². The minimum Gasteiger partial charge on any atom is -0.316 e. The molecule has 1 fully saturated rings. The second-order valence-corrected chi connectivity index (χ2v) is 5.77. The van der Waals surface area contributed by atoms with Crippen LogP contribution in [0.2, 0.25) is 0 Å². The highest BCUT2D eigenvalue weighted by Crippen LogP contribution is 2.41. The summed E-state index contributed by atoms with van der Waals surface area (Å²) in [6, 6.07) is 0. The van der Waals surface area contributed by atoms with Gasteiger partial charge in [-0.15, -0.1) is 0 Å². The van der Waals surface area contributed by atoms with Crippen LogP contribution in [0.1, 0.15) is 65.7 Å². The summed E-state index contributed by atoms with van der Waals surface area (Å²) in [5.74, 6) is 0.877. The van der Waals surface area contributed by atoms with Crippen LogP contribution >= 0.6 is 0 Å². The van der Waals surface area contributed by atoms with Gasteiger partial charge >= 0.3 is 0 Å². The Kier molecular flexibility index (Phi) is 5.66. The van der Waals surface area contributed by atoms with Crippen molar-refractivity contribution in [3.05, 3.63) is 0 Å². The second kappa shape index (κ2) is 6.52. The fourth-order valence-electron chi connectivity index (χ4n) is 2.92. The molecule has 15 heavy (non-hydrogen) atoms. The Hall–Kier alpha value is -0.0400. The van der Waals surface area contributed by atoms with Crippen molar-refractivity contribution in [2.24, 2.45) is 11.3 Å². The molecular weight excluding hydrogens is 182 g/mol. The molecule has 0 heterocycles. The predicted octanol–water partition coefficient (Wildman–Crippen LogP) is 3.98. The lowest BCUT2D eigenvalue weighted by atomic mass is 9.80. The molecular formula is C14H29N. The maximum absolute atomic E-state index is 3.57. The van der Waals surface area contributed by atoms with Gasteiger partial charge < -0.3 is 5.32 Å². The lowest BCUT2D eigenvalue weighted by Crippen LogP contribution is -2.32. The molecule has 0 radical (unpaired) electrons. The van der Waals surface area contributed by atoms with E-state index in [2.05, 4.69) is 26.1 Å². The van der Waals surface area contributed by atoms with Crippen LogP contribution in [0.4, 0.5) is 0 Å². The average molecular weight is 211 g/mol. The molecule has 1 heteroatoms. The Morgan fingerprint density at radius 2 is 1.87 bits per heavy atom. The van der Waals surface area contributed by atoms with Crippen LogP contribution in [-0.4, -0.2) is 13.1 Å². The van der Waals surface area contributed by atoms with Crippen molar-refractivity contribution in [1.82, 2.24) is 5.32 Å². The predicted molar refractivity (Wildman–Crippen MR) is 68.1 cm³/mol. The largest absolute Gasteiger partial charge is 0.316 e. The summed E-state index contributed by atoms with van der Waals surface area (Å²) in [6.07, 6.45) is 10.2. The molecule has 0 amide bonds. The topological polar surface area (TPSA) is 12.0 Å². The first-order chi connectivity index (χ1) is 7.18. The zero-order valence-electron chi connectivity index (χ0n) is 10.9. The fourth-order valence-corrected chi connectivity index (χ4v) is 2.92. The molecule has 1 saturated carbocycles. The first kappa shape index (κ1) is 13.0. The van der Waals surface area contributed by atoms with Gasteiger partial charge in [0, 0.05) is 6.54 Å². The third-order valence-corrected chi connectivity index (χ3v) is 3.90. The van der Waals surface area contributed by atoms with Crippen molar-refractivity contribution in [3.63, 3.8) is 0 Å². The average Bonchev–Trinajstić information content (AvgIpc) is 2.64. The lowest BCUT2D eigenvalue weighted by Gasteiger charge is -2.29. The fraction of sp³-hybridized carbons (Fsp3) is 1.00. The van der Waals surface area contributed by atoms with Crippen molar-refractivity contribution in [2.75, 3.05) is 13.1 Å². The highest BCUT2D eigenvalue weighted by Gasteiger charge is 2.32. The van der Waals surface area contributed by atoms with E-state index in [1.165, 1.54) is 51.5 Å². The van der Waals surface area contributed by atoms with Crippen molar-refractivity contribution >= 4 is 0 Å². The van der Waals surface area contributed by atoms with Gasteiger partial charge in [-0.2, -0.15) is 0 Å². The molecule has 0 saturated heterocycles. The Bertz CT molecular complexity index is 157. The van der Waals surface area contributed by atoms with Gasteiger partial charge in [-0.05, 0) is 37.1 Å².